The van der Waals surface area contributed by atoms with Crippen molar-refractivity contribution in [1.29, 1.82) is 0 Å². The highest BCUT2D eigenvalue weighted by Gasteiger charge is 2.08. The third kappa shape index (κ3) is 2.53. The number of Topliss-reactive ketones (excluding diaryl/α,β-unsaturated/α-hetero) is 1. The lowest BCUT2D eigenvalue weighted by atomic mass is 10.1. The zero-order valence-corrected chi connectivity index (χ0v) is 9.13. The molecule has 2 rings (SSSR count). The van der Waals surface area contributed by atoms with Gasteiger partial charge in [-0.05, 0) is 5.56 Å². The second-order valence-corrected chi connectivity index (χ2v) is 3.68. The molecule has 0 aliphatic rings. The number of hydrogen-bond acceptors (Lipinski definition) is 3. The number of ketones is 1. The topological polar surface area (TPSA) is 47.8 Å². The van der Waals surface area contributed by atoms with E-state index in [2.05, 4.69) is 10.1 Å². The maximum atomic E-state index is 11.8. The Balaban J connectivity index is 1.98. The molecule has 0 fully saturated rings. The normalized spacial score (nSPS) is 10.3. The van der Waals surface area contributed by atoms with Crippen LogP contribution in [0, 0.1) is 0 Å². The van der Waals surface area contributed by atoms with Gasteiger partial charge in [0, 0.05) is 13.5 Å². The standard InChI is InChI=1S/C12H13N3O/c1-15-12(13-9-14-15)8-11(16)7-10-5-3-2-4-6-10/h2-6,9H,7-8H2,1H3. The Morgan fingerprint density at radius 1 is 1.25 bits per heavy atom. The highest BCUT2D eigenvalue weighted by atomic mass is 16.1. The van der Waals surface area contributed by atoms with Crippen molar-refractivity contribution in [1.82, 2.24) is 14.8 Å². The fourth-order valence-corrected chi connectivity index (χ4v) is 1.54. The lowest BCUT2D eigenvalue weighted by molar-refractivity contribution is -0.117. The van der Waals surface area contributed by atoms with Crippen LogP contribution in [0.5, 0.6) is 0 Å². The molecular formula is C12H13N3O. The van der Waals surface area contributed by atoms with Crippen LogP contribution in [0.4, 0.5) is 0 Å². The molecule has 0 saturated heterocycles. The summed E-state index contributed by atoms with van der Waals surface area (Å²) in [5.74, 6) is 0.864. The molecule has 4 nitrogen and oxygen atoms in total. The molecule has 0 saturated carbocycles. The molecular weight excluding hydrogens is 202 g/mol. The number of carbonyl (C=O) groups excluding carboxylic acids is 1. The molecule has 1 aromatic heterocycles. The number of benzene rings is 1. The molecule has 4 heteroatoms. The third-order valence-electron chi connectivity index (χ3n) is 2.40. The second-order valence-electron chi connectivity index (χ2n) is 3.68. The Bertz CT molecular complexity index is 476. The molecule has 0 aliphatic heterocycles. The summed E-state index contributed by atoms with van der Waals surface area (Å²) < 4.78 is 1.63. The van der Waals surface area contributed by atoms with E-state index < -0.39 is 0 Å². The summed E-state index contributed by atoms with van der Waals surface area (Å²) in [5, 5.41) is 3.93. The molecule has 0 amide bonds. The van der Waals surface area contributed by atoms with Gasteiger partial charge in [-0.15, -0.1) is 0 Å². The van der Waals surface area contributed by atoms with Crippen LogP contribution < -0.4 is 0 Å². The van der Waals surface area contributed by atoms with Crippen molar-refractivity contribution in [3.63, 3.8) is 0 Å². The van der Waals surface area contributed by atoms with E-state index in [-0.39, 0.29) is 5.78 Å². The molecule has 1 heterocycles. The van der Waals surface area contributed by atoms with Gasteiger partial charge < -0.3 is 0 Å². The SMILES string of the molecule is Cn1ncnc1CC(=O)Cc1ccccc1. The van der Waals surface area contributed by atoms with Crippen LogP contribution in [-0.2, 0) is 24.7 Å². The predicted octanol–water partition coefficient (Wildman–Crippen LogP) is 1.17. The van der Waals surface area contributed by atoms with Gasteiger partial charge in [0.05, 0.1) is 6.42 Å². The zero-order chi connectivity index (χ0) is 11.4. The van der Waals surface area contributed by atoms with E-state index in [0.717, 1.165) is 5.56 Å². The molecule has 1 aromatic carbocycles. The lowest BCUT2D eigenvalue weighted by Gasteiger charge is -2.00. The fraction of sp³-hybridized carbons (Fsp3) is 0.250. The van der Waals surface area contributed by atoms with Crippen molar-refractivity contribution in [2.24, 2.45) is 7.05 Å². The average Bonchev–Trinajstić information content (AvgIpc) is 2.66. The molecule has 0 radical (unpaired) electrons. The van der Waals surface area contributed by atoms with Crippen LogP contribution in [-0.4, -0.2) is 20.5 Å². The minimum Gasteiger partial charge on any atom is -0.299 e. The zero-order valence-electron chi connectivity index (χ0n) is 9.13. The molecule has 2 aromatic rings. The van der Waals surface area contributed by atoms with Gasteiger partial charge in [-0.3, -0.25) is 9.48 Å². The van der Waals surface area contributed by atoms with Gasteiger partial charge in [-0.2, -0.15) is 5.10 Å². The summed E-state index contributed by atoms with van der Waals surface area (Å²) in [6.07, 6.45) is 2.25. The van der Waals surface area contributed by atoms with Gasteiger partial charge >= 0.3 is 0 Å². The van der Waals surface area contributed by atoms with Crippen molar-refractivity contribution in [3.05, 3.63) is 48.0 Å². The number of carbonyl (C=O) groups is 1. The summed E-state index contributed by atoms with van der Waals surface area (Å²) >= 11 is 0. The Hall–Kier alpha value is -1.97. The second kappa shape index (κ2) is 4.70. The Morgan fingerprint density at radius 2 is 2.00 bits per heavy atom. The maximum Gasteiger partial charge on any atom is 0.144 e. The first-order chi connectivity index (χ1) is 7.75. The van der Waals surface area contributed by atoms with Crippen molar-refractivity contribution >= 4 is 5.78 Å². The minimum absolute atomic E-state index is 0.155. The number of aromatic nitrogens is 3. The predicted molar refractivity (Wildman–Crippen MR) is 59.9 cm³/mol. The first-order valence-corrected chi connectivity index (χ1v) is 5.14. The van der Waals surface area contributed by atoms with E-state index in [1.165, 1.54) is 6.33 Å². The van der Waals surface area contributed by atoms with E-state index >= 15 is 0 Å². The van der Waals surface area contributed by atoms with E-state index in [9.17, 15) is 4.79 Å². The van der Waals surface area contributed by atoms with Gasteiger partial charge in [0.2, 0.25) is 0 Å². The van der Waals surface area contributed by atoms with Crippen LogP contribution in [0.25, 0.3) is 0 Å². The maximum absolute atomic E-state index is 11.8. The van der Waals surface area contributed by atoms with Gasteiger partial charge in [0.25, 0.3) is 0 Å². The number of hydrogen-bond donors (Lipinski definition) is 0. The molecule has 0 N–H and O–H groups in total. The van der Waals surface area contributed by atoms with Gasteiger partial charge in [-0.25, -0.2) is 4.98 Å². The van der Waals surface area contributed by atoms with Crippen molar-refractivity contribution < 1.29 is 4.79 Å². The van der Waals surface area contributed by atoms with E-state index in [0.29, 0.717) is 18.7 Å². The van der Waals surface area contributed by atoms with Crippen molar-refractivity contribution in [3.8, 4) is 0 Å². The van der Waals surface area contributed by atoms with Gasteiger partial charge in [-0.1, -0.05) is 30.3 Å². The van der Waals surface area contributed by atoms with Crippen LogP contribution in [0.2, 0.25) is 0 Å². The largest absolute Gasteiger partial charge is 0.299 e. The smallest absolute Gasteiger partial charge is 0.144 e. The molecule has 82 valence electrons. The monoisotopic (exact) mass is 215 g/mol. The summed E-state index contributed by atoms with van der Waals surface area (Å²) in [5.41, 5.74) is 1.04. The molecule has 0 bridgehead atoms. The molecule has 0 unspecified atom stereocenters. The molecule has 16 heavy (non-hydrogen) atoms. The fourth-order valence-electron chi connectivity index (χ4n) is 1.54. The number of nitrogens with zero attached hydrogens (tertiary/aromatic N) is 3. The van der Waals surface area contributed by atoms with Crippen LogP contribution in [0.1, 0.15) is 11.4 Å². The average molecular weight is 215 g/mol. The Kier molecular flexibility index (Phi) is 3.10. The van der Waals surface area contributed by atoms with Crippen LogP contribution in [0.3, 0.4) is 0 Å². The third-order valence-corrected chi connectivity index (χ3v) is 2.40. The Labute approximate surface area is 93.9 Å². The molecule has 0 atom stereocenters. The van der Waals surface area contributed by atoms with E-state index in [4.69, 9.17) is 0 Å². The summed E-state index contributed by atoms with van der Waals surface area (Å²) in [4.78, 5) is 15.8. The Morgan fingerprint density at radius 3 is 2.62 bits per heavy atom. The molecule has 0 spiro atoms. The van der Waals surface area contributed by atoms with Crippen molar-refractivity contribution in [2.75, 3.05) is 0 Å². The summed E-state index contributed by atoms with van der Waals surface area (Å²) in [7, 11) is 1.79. The number of aryl methyl sites for hydroxylation is 1. The summed E-state index contributed by atoms with van der Waals surface area (Å²) in [6.45, 7) is 0. The highest BCUT2D eigenvalue weighted by molar-refractivity contribution is 5.82. The highest BCUT2D eigenvalue weighted by Crippen LogP contribution is 2.03. The minimum atomic E-state index is 0.155. The quantitative estimate of drug-likeness (QED) is 0.769. The van der Waals surface area contributed by atoms with Gasteiger partial charge in [0.1, 0.15) is 17.9 Å². The van der Waals surface area contributed by atoms with Crippen molar-refractivity contribution in [2.45, 2.75) is 12.8 Å². The first-order valence-electron chi connectivity index (χ1n) is 5.14. The van der Waals surface area contributed by atoms with E-state index in [1.54, 1.807) is 11.7 Å². The molecule has 0 aliphatic carbocycles. The van der Waals surface area contributed by atoms with Crippen LogP contribution in [0.15, 0.2) is 36.7 Å². The van der Waals surface area contributed by atoms with Crippen LogP contribution >= 0.6 is 0 Å². The first kappa shape index (κ1) is 10.5. The van der Waals surface area contributed by atoms with E-state index in [1.807, 2.05) is 30.3 Å². The van der Waals surface area contributed by atoms with Gasteiger partial charge in [0.15, 0.2) is 0 Å². The lowest BCUT2D eigenvalue weighted by Crippen LogP contribution is -2.11. The number of rotatable bonds is 4. The summed E-state index contributed by atoms with van der Waals surface area (Å²) in [6, 6.07) is 9.72.